The Morgan fingerprint density at radius 3 is 2.47 bits per heavy atom. The smallest absolute Gasteiger partial charge is 0.231 e. The summed E-state index contributed by atoms with van der Waals surface area (Å²) in [6.07, 6.45) is 0.865. The molecule has 4 nitrogen and oxygen atoms in total. The zero-order chi connectivity index (χ0) is 14.6. The van der Waals surface area contributed by atoms with Crippen LogP contribution in [0.2, 0.25) is 0 Å². The Morgan fingerprint density at radius 1 is 1.47 bits per heavy atom. The molecule has 1 rings (SSSR count). The third-order valence-corrected chi connectivity index (χ3v) is 4.50. The van der Waals surface area contributed by atoms with Crippen molar-refractivity contribution in [1.82, 2.24) is 4.90 Å². The molecule has 0 saturated heterocycles. The maximum absolute atomic E-state index is 11.3. The maximum Gasteiger partial charge on any atom is 0.231 e. The van der Waals surface area contributed by atoms with Crippen molar-refractivity contribution in [2.75, 3.05) is 6.54 Å². The summed E-state index contributed by atoms with van der Waals surface area (Å²) in [7, 11) is 0. The summed E-state index contributed by atoms with van der Waals surface area (Å²) in [4.78, 5) is 14.7. The summed E-state index contributed by atoms with van der Waals surface area (Å²) in [6.45, 7) is 8.54. The van der Waals surface area contributed by atoms with Gasteiger partial charge in [0.2, 0.25) is 5.91 Å². The van der Waals surface area contributed by atoms with Gasteiger partial charge in [0.05, 0.1) is 12.6 Å². The van der Waals surface area contributed by atoms with Crippen LogP contribution in [0.15, 0.2) is 11.4 Å². The largest absolute Gasteiger partial charge is 0.369 e. The van der Waals surface area contributed by atoms with E-state index in [0.29, 0.717) is 0 Å². The van der Waals surface area contributed by atoms with E-state index < -0.39 is 0 Å². The van der Waals surface area contributed by atoms with Gasteiger partial charge in [-0.15, -0.1) is 11.3 Å². The van der Waals surface area contributed by atoms with E-state index in [1.807, 2.05) is 0 Å². The van der Waals surface area contributed by atoms with Crippen molar-refractivity contribution in [3.8, 4) is 0 Å². The van der Waals surface area contributed by atoms with Crippen LogP contribution in [0.5, 0.6) is 0 Å². The van der Waals surface area contributed by atoms with Crippen LogP contribution in [0, 0.1) is 6.92 Å². The molecule has 4 N–H and O–H groups in total. The molecule has 0 aliphatic carbocycles. The van der Waals surface area contributed by atoms with Gasteiger partial charge in [0.1, 0.15) is 0 Å². The summed E-state index contributed by atoms with van der Waals surface area (Å²) >= 11 is 1.70. The van der Waals surface area contributed by atoms with Crippen LogP contribution in [-0.4, -0.2) is 29.4 Å². The minimum absolute atomic E-state index is 0.000833. The van der Waals surface area contributed by atoms with Gasteiger partial charge in [-0.3, -0.25) is 9.69 Å². The van der Waals surface area contributed by atoms with Crippen LogP contribution in [0.1, 0.15) is 43.7 Å². The van der Waals surface area contributed by atoms with Crippen LogP contribution < -0.4 is 11.5 Å². The van der Waals surface area contributed by atoms with E-state index in [0.717, 1.165) is 6.42 Å². The lowest BCUT2D eigenvalue weighted by Gasteiger charge is -2.37. The Bertz CT molecular complexity index is 417. The highest BCUT2D eigenvalue weighted by atomic mass is 32.1. The summed E-state index contributed by atoms with van der Waals surface area (Å²) in [5.41, 5.74) is 12.9. The first kappa shape index (κ1) is 16.1. The van der Waals surface area contributed by atoms with Gasteiger partial charge in [0.15, 0.2) is 0 Å². The molecular formula is C14H25N3OS. The average molecular weight is 283 g/mol. The molecule has 0 fully saturated rings. The van der Waals surface area contributed by atoms with Crippen LogP contribution in [0.3, 0.4) is 0 Å². The van der Waals surface area contributed by atoms with Crippen molar-refractivity contribution in [3.05, 3.63) is 21.9 Å². The molecule has 0 aromatic carbocycles. The second-order valence-electron chi connectivity index (χ2n) is 5.22. The van der Waals surface area contributed by atoms with E-state index in [1.165, 1.54) is 10.4 Å². The van der Waals surface area contributed by atoms with Crippen molar-refractivity contribution in [2.45, 2.75) is 52.2 Å². The van der Waals surface area contributed by atoms with Crippen LogP contribution in [0.25, 0.3) is 0 Å². The predicted octanol–water partition coefficient (Wildman–Crippen LogP) is 2.03. The van der Waals surface area contributed by atoms with Crippen molar-refractivity contribution >= 4 is 17.2 Å². The number of carbonyl (C=O) groups excluding carboxylic acids is 1. The quantitative estimate of drug-likeness (QED) is 0.804. The fourth-order valence-electron chi connectivity index (χ4n) is 2.28. The van der Waals surface area contributed by atoms with Gasteiger partial charge >= 0.3 is 0 Å². The molecule has 108 valence electrons. The van der Waals surface area contributed by atoms with Crippen LogP contribution in [-0.2, 0) is 4.79 Å². The summed E-state index contributed by atoms with van der Waals surface area (Å²) < 4.78 is 0. The molecule has 0 radical (unpaired) electrons. The molecule has 2 atom stereocenters. The molecule has 0 spiro atoms. The Morgan fingerprint density at radius 2 is 2.11 bits per heavy atom. The van der Waals surface area contributed by atoms with E-state index in [9.17, 15) is 4.79 Å². The topological polar surface area (TPSA) is 72.3 Å². The number of nitrogens with two attached hydrogens (primary N) is 2. The molecule has 1 heterocycles. The van der Waals surface area contributed by atoms with E-state index in [4.69, 9.17) is 11.5 Å². The van der Waals surface area contributed by atoms with Crippen LogP contribution >= 0.6 is 11.3 Å². The number of carbonyl (C=O) groups is 1. The molecule has 0 aliphatic rings. The number of hydrogen-bond donors (Lipinski definition) is 2. The van der Waals surface area contributed by atoms with Crippen molar-refractivity contribution in [1.29, 1.82) is 0 Å². The molecule has 2 unspecified atom stereocenters. The number of primary amides is 1. The molecule has 1 aromatic rings. The summed E-state index contributed by atoms with van der Waals surface area (Å²) in [5.74, 6) is -0.309. The minimum atomic E-state index is -0.309. The number of amides is 1. The third-order valence-electron chi connectivity index (χ3n) is 3.41. The second kappa shape index (κ2) is 7.03. The highest BCUT2D eigenvalue weighted by molar-refractivity contribution is 7.10. The monoisotopic (exact) mass is 283 g/mol. The fraction of sp³-hybridized carbons (Fsp3) is 0.643. The fourth-order valence-corrected chi connectivity index (χ4v) is 3.41. The van der Waals surface area contributed by atoms with Crippen molar-refractivity contribution < 1.29 is 4.79 Å². The zero-order valence-corrected chi connectivity index (χ0v) is 13.0. The SMILES string of the molecule is CCC(N)C(c1sccc1C)N(CC(N)=O)C(C)C. The maximum atomic E-state index is 11.3. The van der Waals surface area contributed by atoms with Gasteiger partial charge < -0.3 is 11.5 Å². The normalized spacial score (nSPS) is 14.9. The molecule has 1 aromatic heterocycles. The standard InChI is InChI=1S/C14H25N3OS/c1-5-11(15)13(14-10(4)6-7-19-14)17(9(2)3)8-12(16)18/h6-7,9,11,13H,5,8,15H2,1-4H3,(H2,16,18). The van der Waals surface area contributed by atoms with Gasteiger partial charge in [-0.2, -0.15) is 0 Å². The number of thiophene rings is 1. The molecule has 0 bridgehead atoms. The van der Waals surface area contributed by atoms with Gasteiger partial charge in [0.25, 0.3) is 0 Å². The molecule has 1 amide bonds. The van der Waals surface area contributed by atoms with Gasteiger partial charge in [-0.1, -0.05) is 6.92 Å². The second-order valence-corrected chi connectivity index (χ2v) is 6.16. The van der Waals surface area contributed by atoms with E-state index >= 15 is 0 Å². The molecule has 19 heavy (non-hydrogen) atoms. The molecule has 0 saturated carbocycles. The Kier molecular flexibility index (Phi) is 5.97. The Labute approximate surface area is 119 Å². The number of hydrogen-bond acceptors (Lipinski definition) is 4. The molecule has 0 aliphatic heterocycles. The number of nitrogens with zero attached hydrogens (tertiary/aromatic N) is 1. The third kappa shape index (κ3) is 4.03. The summed E-state index contributed by atoms with van der Waals surface area (Å²) in [6, 6.07) is 2.37. The molecular weight excluding hydrogens is 258 g/mol. The molecule has 5 heteroatoms. The number of rotatable bonds is 7. The van der Waals surface area contributed by atoms with Gasteiger partial charge in [-0.25, -0.2) is 0 Å². The van der Waals surface area contributed by atoms with Crippen molar-refractivity contribution in [3.63, 3.8) is 0 Å². The number of aryl methyl sites for hydroxylation is 1. The lowest BCUT2D eigenvalue weighted by atomic mass is 9.99. The van der Waals surface area contributed by atoms with E-state index in [-0.39, 0.29) is 30.6 Å². The Hall–Kier alpha value is -0.910. The van der Waals surface area contributed by atoms with Gasteiger partial charge in [-0.05, 0) is 44.2 Å². The zero-order valence-electron chi connectivity index (χ0n) is 12.2. The first-order chi connectivity index (χ1) is 8.88. The highest BCUT2D eigenvalue weighted by Crippen LogP contribution is 2.32. The minimum Gasteiger partial charge on any atom is -0.369 e. The van der Waals surface area contributed by atoms with E-state index in [2.05, 4.69) is 44.0 Å². The summed E-state index contributed by atoms with van der Waals surface area (Å²) in [5, 5.41) is 2.07. The van der Waals surface area contributed by atoms with Crippen molar-refractivity contribution in [2.24, 2.45) is 11.5 Å². The first-order valence-corrected chi connectivity index (χ1v) is 7.60. The predicted molar refractivity (Wildman–Crippen MR) is 81.1 cm³/mol. The first-order valence-electron chi connectivity index (χ1n) is 6.72. The van der Waals surface area contributed by atoms with E-state index in [1.54, 1.807) is 11.3 Å². The average Bonchev–Trinajstić information content (AvgIpc) is 2.74. The highest BCUT2D eigenvalue weighted by Gasteiger charge is 2.30. The van der Waals surface area contributed by atoms with Crippen LogP contribution in [0.4, 0.5) is 0 Å². The van der Waals surface area contributed by atoms with Gasteiger partial charge in [0, 0.05) is 17.0 Å². The Balaban J connectivity index is 3.14. The lowest BCUT2D eigenvalue weighted by molar-refractivity contribution is -0.120. The lowest BCUT2D eigenvalue weighted by Crippen LogP contribution is -2.47.